The molecule has 4 nitrogen and oxygen atoms in total. The Morgan fingerprint density at radius 1 is 1.29 bits per heavy atom. The van der Waals surface area contributed by atoms with Crippen LogP contribution in [0.2, 0.25) is 0 Å². The molecule has 0 aromatic carbocycles. The van der Waals surface area contributed by atoms with Crippen LogP contribution in [0.1, 0.15) is 33.1 Å². The molecule has 0 radical (unpaired) electrons. The summed E-state index contributed by atoms with van der Waals surface area (Å²) in [5.74, 6) is 1.85. The maximum atomic E-state index is 4.47. The summed E-state index contributed by atoms with van der Waals surface area (Å²) in [5, 5.41) is 3.57. The highest BCUT2D eigenvalue weighted by molar-refractivity contribution is 14.0. The van der Waals surface area contributed by atoms with Crippen LogP contribution in [0.5, 0.6) is 0 Å². The Balaban J connectivity index is 0.00000220. The number of aliphatic imine (C=N–C) groups is 1. The van der Waals surface area contributed by atoms with E-state index in [0.29, 0.717) is 6.04 Å². The molecule has 1 saturated heterocycles. The molecule has 0 aromatic rings. The normalized spacial score (nSPS) is 23.0. The minimum Gasteiger partial charge on any atom is -0.356 e. The smallest absolute Gasteiger partial charge is 0.193 e. The Morgan fingerprint density at radius 3 is 2.52 bits per heavy atom. The Morgan fingerprint density at radius 2 is 1.95 bits per heavy atom. The molecule has 21 heavy (non-hydrogen) atoms. The maximum Gasteiger partial charge on any atom is 0.193 e. The fourth-order valence-corrected chi connectivity index (χ4v) is 3.17. The van der Waals surface area contributed by atoms with Crippen molar-refractivity contribution in [2.75, 3.05) is 39.8 Å². The number of guanidine groups is 1. The topological polar surface area (TPSA) is 30.9 Å². The van der Waals surface area contributed by atoms with Crippen molar-refractivity contribution in [1.29, 1.82) is 0 Å². The second kappa shape index (κ2) is 9.66. The van der Waals surface area contributed by atoms with Crippen LogP contribution < -0.4 is 5.32 Å². The fourth-order valence-electron chi connectivity index (χ4n) is 3.17. The SMILES string of the molecule is CCC(CC)CNC(=NC)N1CCC(N2CC=CC2)C1.I. The monoisotopic (exact) mass is 406 g/mol. The Hall–Kier alpha value is -0.300. The van der Waals surface area contributed by atoms with Crippen molar-refractivity contribution in [3.8, 4) is 0 Å². The van der Waals surface area contributed by atoms with Gasteiger partial charge < -0.3 is 10.2 Å². The van der Waals surface area contributed by atoms with E-state index in [2.05, 4.69) is 46.1 Å². The highest BCUT2D eigenvalue weighted by Crippen LogP contribution is 2.18. The van der Waals surface area contributed by atoms with Gasteiger partial charge in [-0.05, 0) is 12.3 Å². The molecule has 0 spiro atoms. The van der Waals surface area contributed by atoms with Gasteiger partial charge in [0.05, 0.1) is 0 Å². The van der Waals surface area contributed by atoms with Crippen LogP contribution in [0, 0.1) is 5.92 Å². The van der Waals surface area contributed by atoms with Crippen LogP contribution >= 0.6 is 24.0 Å². The second-order valence-corrected chi connectivity index (χ2v) is 5.92. The van der Waals surface area contributed by atoms with Crippen LogP contribution in [0.3, 0.4) is 0 Å². The van der Waals surface area contributed by atoms with E-state index in [9.17, 15) is 0 Å². The molecule has 0 aromatic heterocycles. The molecule has 1 unspecified atom stereocenters. The van der Waals surface area contributed by atoms with Crippen LogP contribution in [0.4, 0.5) is 0 Å². The number of nitrogens with one attached hydrogen (secondary N) is 1. The lowest BCUT2D eigenvalue weighted by molar-refractivity contribution is 0.259. The number of nitrogens with zero attached hydrogens (tertiary/aromatic N) is 3. The zero-order valence-electron chi connectivity index (χ0n) is 13.7. The molecule has 0 bridgehead atoms. The first-order valence-electron chi connectivity index (χ1n) is 8.13. The molecule has 5 heteroatoms. The van der Waals surface area contributed by atoms with Crippen molar-refractivity contribution >= 4 is 29.9 Å². The summed E-state index contributed by atoms with van der Waals surface area (Å²) < 4.78 is 0. The quantitative estimate of drug-likeness (QED) is 0.330. The molecule has 2 rings (SSSR count). The number of hydrogen-bond donors (Lipinski definition) is 1. The largest absolute Gasteiger partial charge is 0.356 e. The van der Waals surface area contributed by atoms with Gasteiger partial charge in [-0.3, -0.25) is 9.89 Å². The molecule has 0 saturated carbocycles. The van der Waals surface area contributed by atoms with Crippen LogP contribution in [-0.2, 0) is 0 Å². The molecule has 2 heterocycles. The van der Waals surface area contributed by atoms with Gasteiger partial charge in [0.15, 0.2) is 5.96 Å². The van der Waals surface area contributed by atoms with E-state index in [1.54, 1.807) is 0 Å². The predicted octanol–water partition coefficient (Wildman–Crippen LogP) is 2.56. The molecule has 122 valence electrons. The summed E-state index contributed by atoms with van der Waals surface area (Å²) in [6, 6.07) is 0.691. The fraction of sp³-hybridized carbons (Fsp3) is 0.812. The molecule has 0 aliphatic carbocycles. The first-order valence-corrected chi connectivity index (χ1v) is 8.13. The van der Waals surface area contributed by atoms with Crippen molar-refractivity contribution in [3.05, 3.63) is 12.2 Å². The average Bonchev–Trinajstić information content (AvgIpc) is 3.14. The van der Waals surface area contributed by atoms with Crippen molar-refractivity contribution in [2.24, 2.45) is 10.9 Å². The highest BCUT2D eigenvalue weighted by Gasteiger charge is 2.29. The molecular weight excluding hydrogens is 375 g/mol. The van der Waals surface area contributed by atoms with Crippen LogP contribution in [-0.4, -0.2) is 61.6 Å². The minimum atomic E-state index is 0. The molecule has 1 fully saturated rings. The van der Waals surface area contributed by atoms with Gasteiger partial charge in [0, 0.05) is 45.8 Å². The Labute approximate surface area is 147 Å². The van der Waals surface area contributed by atoms with E-state index in [4.69, 9.17) is 0 Å². The number of halogens is 1. The van der Waals surface area contributed by atoms with E-state index < -0.39 is 0 Å². The summed E-state index contributed by atoms with van der Waals surface area (Å²) in [6.45, 7) is 10.1. The third-order valence-electron chi connectivity index (χ3n) is 4.74. The van der Waals surface area contributed by atoms with Gasteiger partial charge >= 0.3 is 0 Å². The van der Waals surface area contributed by atoms with Gasteiger partial charge in [-0.1, -0.05) is 38.8 Å². The summed E-state index contributed by atoms with van der Waals surface area (Å²) >= 11 is 0. The van der Waals surface area contributed by atoms with Crippen molar-refractivity contribution in [1.82, 2.24) is 15.1 Å². The van der Waals surface area contributed by atoms with Crippen molar-refractivity contribution < 1.29 is 0 Å². The lowest BCUT2D eigenvalue weighted by Crippen LogP contribution is -2.44. The first-order chi connectivity index (χ1) is 9.78. The predicted molar refractivity (Wildman–Crippen MR) is 102 cm³/mol. The molecule has 1 N–H and O–H groups in total. The van der Waals surface area contributed by atoms with Gasteiger partial charge in [0.1, 0.15) is 0 Å². The van der Waals surface area contributed by atoms with Crippen molar-refractivity contribution in [3.63, 3.8) is 0 Å². The second-order valence-electron chi connectivity index (χ2n) is 5.92. The summed E-state index contributed by atoms with van der Waals surface area (Å²) in [7, 11) is 1.90. The molecule has 1 atom stereocenters. The molecule has 0 amide bonds. The molecule has 2 aliphatic rings. The summed E-state index contributed by atoms with van der Waals surface area (Å²) in [6.07, 6.45) is 8.30. The average molecular weight is 406 g/mol. The summed E-state index contributed by atoms with van der Waals surface area (Å²) in [4.78, 5) is 9.45. The van der Waals surface area contributed by atoms with Gasteiger partial charge in [0.2, 0.25) is 0 Å². The standard InChI is InChI=1S/C16H30N4.HI/c1-4-14(5-2)12-18-16(17-3)20-11-8-15(13-20)19-9-6-7-10-19;/h6-7,14-15H,4-5,8-13H2,1-3H3,(H,17,18);1H. The van der Waals surface area contributed by atoms with Crippen LogP contribution in [0.25, 0.3) is 0 Å². The summed E-state index contributed by atoms with van der Waals surface area (Å²) in [5.41, 5.74) is 0. The van der Waals surface area contributed by atoms with E-state index in [1.165, 1.54) is 19.3 Å². The van der Waals surface area contributed by atoms with Gasteiger partial charge in [-0.25, -0.2) is 0 Å². The first kappa shape index (κ1) is 18.7. The third-order valence-corrected chi connectivity index (χ3v) is 4.74. The zero-order chi connectivity index (χ0) is 14.4. The number of likely N-dealkylation sites (tertiary alicyclic amines) is 1. The van der Waals surface area contributed by atoms with Crippen molar-refractivity contribution in [2.45, 2.75) is 39.2 Å². The molecule has 2 aliphatic heterocycles. The van der Waals surface area contributed by atoms with Gasteiger partial charge in [-0.15, -0.1) is 24.0 Å². The lowest BCUT2D eigenvalue weighted by atomic mass is 10.0. The van der Waals surface area contributed by atoms with Gasteiger partial charge in [-0.2, -0.15) is 0 Å². The van der Waals surface area contributed by atoms with Crippen LogP contribution in [0.15, 0.2) is 17.1 Å². The van der Waals surface area contributed by atoms with E-state index in [-0.39, 0.29) is 24.0 Å². The molecular formula is C16H31IN4. The minimum absolute atomic E-state index is 0. The van der Waals surface area contributed by atoms with Gasteiger partial charge in [0.25, 0.3) is 0 Å². The highest BCUT2D eigenvalue weighted by atomic mass is 127. The maximum absolute atomic E-state index is 4.47. The number of hydrogen-bond acceptors (Lipinski definition) is 2. The Kier molecular flexibility index (Phi) is 8.63. The van der Waals surface area contributed by atoms with E-state index >= 15 is 0 Å². The third kappa shape index (κ3) is 5.13. The Bertz CT molecular complexity index is 344. The van der Waals surface area contributed by atoms with E-state index in [1.807, 2.05) is 7.05 Å². The van der Waals surface area contributed by atoms with E-state index in [0.717, 1.165) is 44.6 Å². The number of rotatable bonds is 5. The lowest BCUT2D eigenvalue weighted by Gasteiger charge is -2.26. The zero-order valence-corrected chi connectivity index (χ0v) is 16.0.